The van der Waals surface area contributed by atoms with Gasteiger partial charge in [0, 0.05) is 36.3 Å². The van der Waals surface area contributed by atoms with Gasteiger partial charge in [0.05, 0.1) is 12.2 Å². The van der Waals surface area contributed by atoms with Gasteiger partial charge < -0.3 is 5.32 Å². The second kappa shape index (κ2) is 7.62. The molecule has 1 atom stereocenters. The van der Waals surface area contributed by atoms with Crippen molar-refractivity contribution >= 4 is 23.1 Å². The lowest BCUT2D eigenvalue weighted by Crippen LogP contribution is -2.22. The van der Waals surface area contributed by atoms with Gasteiger partial charge in [-0.2, -0.15) is 5.10 Å². The van der Waals surface area contributed by atoms with Crippen molar-refractivity contribution in [2.45, 2.75) is 32.4 Å². The maximum absolute atomic E-state index is 12.5. The second-order valence-electron chi connectivity index (χ2n) is 6.95. The van der Waals surface area contributed by atoms with Crippen LogP contribution in [0.3, 0.4) is 0 Å². The summed E-state index contributed by atoms with van der Waals surface area (Å²) in [6.45, 7) is 3.90. The third-order valence-electron chi connectivity index (χ3n) is 5.06. The van der Waals surface area contributed by atoms with Gasteiger partial charge >= 0.3 is 0 Å². The van der Waals surface area contributed by atoms with Gasteiger partial charge in [0.1, 0.15) is 10.8 Å². The van der Waals surface area contributed by atoms with Gasteiger partial charge in [-0.05, 0) is 44.0 Å². The van der Waals surface area contributed by atoms with Crippen LogP contribution in [0.5, 0.6) is 0 Å². The van der Waals surface area contributed by atoms with Crippen molar-refractivity contribution in [2.24, 2.45) is 7.05 Å². The lowest BCUT2D eigenvalue weighted by atomic mass is 10.1. The number of rotatable bonds is 5. The van der Waals surface area contributed by atoms with Gasteiger partial charge in [0.25, 0.3) is 5.91 Å². The van der Waals surface area contributed by atoms with E-state index in [1.165, 1.54) is 17.0 Å². The van der Waals surface area contributed by atoms with Crippen LogP contribution in [0.25, 0.3) is 0 Å². The molecule has 1 unspecified atom stereocenters. The Morgan fingerprint density at radius 1 is 1.33 bits per heavy atom. The van der Waals surface area contributed by atoms with Crippen LogP contribution in [0.4, 0.5) is 5.82 Å². The topological polar surface area (TPSA) is 63.1 Å². The molecule has 1 saturated heterocycles. The molecule has 3 heterocycles. The van der Waals surface area contributed by atoms with E-state index in [1.54, 1.807) is 22.2 Å². The van der Waals surface area contributed by atoms with Crippen LogP contribution < -0.4 is 5.32 Å². The number of amides is 1. The monoisotopic (exact) mass is 381 g/mol. The molecule has 1 amide bonds. The molecule has 7 heteroatoms. The number of nitrogens with zero attached hydrogens (tertiary/aromatic N) is 4. The maximum atomic E-state index is 12.5. The van der Waals surface area contributed by atoms with Gasteiger partial charge in [0.15, 0.2) is 0 Å². The highest BCUT2D eigenvalue weighted by atomic mass is 32.1. The zero-order chi connectivity index (χ0) is 18.8. The van der Waals surface area contributed by atoms with E-state index >= 15 is 0 Å². The van der Waals surface area contributed by atoms with Crippen molar-refractivity contribution in [2.75, 3.05) is 11.9 Å². The van der Waals surface area contributed by atoms with Crippen molar-refractivity contribution in [1.82, 2.24) is 19.7 Å². The maximum Gasteiger partial charge on any atom is 0.256 e. The average molecular weight is 382 g/mol. The Hall–Kier alpha value is -2.51. The van der Waals surface area contributed by atoms with Crippen molar-refractivity contribution in [1.29, 1.82) is 0 Å². The van der Waals surface area contributed by atoms with Gasteiger partial charge in [-0.3, -0.25) is 14.4 Å². The summed E-state index contributed by atoms with van der Waals surface area (Å²) < 4.78 is 1.67. The Balaban J connectivity index is 1.42. The minimum Gasteiger partial charge on any atom is -0.307 e. The molecule has 0 saturated carbocycles. The highest BCUT2D eigenvalue weighted by Gasteiger charge is 2.27. The molecule has 4 rings (SSSR count). The summed E-state index contributed by atoms with van der Waals surface area (Å²) in [6, 6.07) is 8.29. The number of benzene rings is 1. The Kier molecular flexibility index (Phi) is 5.05. The zero-order valence-corrected chi connectivity index (χ0v) is 16.4. The number of aromatic nitrogens is 3. The number of carbonyl (C=O) groups excluding carboxylic acids is 1. The quantitative estimate of drug-likeness (QED) is 0.731. The average Bonchev–Trinajstić information content (AvgIpc) is 3.40. The number of anilines is 1. The first-order valence-electron chi connectivity index (χ1n) is 9.14. The van der Waals surface area contributed by atoms with E-state index in [4.69, 9.17) is 0 Å². The predicted octanol–water partition coefficient (Wildman–Crippen LogP) is 3.77. The number of hydrogen-bond donors (Lipinski definition) is 1. The third kappa shape index (κ3) is 3.79. The van der Waals surface area contributed by atoms with Gasteiger partial charge in [-0.15, -0.1) is 11.3 Å². The second-order valence-corrected chi connectivity index (χ2v) is 7.88. The molecule has 0 radical (unpaired) electrons. The summed E-state index contributed by atoms with van der Waals surface area (Å²) in [6.07, 6.45) is 5.99. The predicted molar refractivity (Wildman–Crippen MR) is 107 cm³/mol. The summed E-state index contributed by atoms with van der Waals surface area (Å²) in [5.41, 5.74) is 2.81. The lowest BCUT2D eigenvalue weighted by molar-refractivity contribution is 0.102. The number of likely N-dealkylation sites (tertiary alicyclic amines) is 1. The van der Waals surface area contributed by atoms with E-state index in [-0.39, 0.29) is 5.91 Å². The molecule has 1 fully saturated rings. The Morgan fingerprint density at radius 3 is 2.81 bits per heavy atom. The molecule has 1 N–H and O–H groups in total. The van der Waals surface area contributed by atoms with E-state index in [0.29, 0.717) is 11.6 Å². The normalized spacial score (nSPS) is 17.3. The Morgan fingerprint density at radius 2 is 2.15 bits per heavy atom. The lowest BCUT2D eigenvalue weighted by Gasteiger charge is -2.22. The molecule has 0 bridgehead atoms. The summed E-state index contributed by atoms with van der Waals surface area (Å²) in [5, 5.41) is 10.3. The van der Waals surface area contributed by atoms with Gasteiger partial charge in [-0.25, -0.2) is 4.98 Å². The largest absolute Gasteiger partial charge is 0.307 e. The highest BCUT2D eigenvalue weighted by Crippen LogP contribution is 2.34. The summed E-state index contributed by atoms with van der Waals surface area (Å²) in [4.78, 5) is 19.5. The Labute approximate surface area is 162 Å². The highest BCUT2D eigenvalue weighted by molar-refractivity contribution is 7.09. The van der Waals surface area contributed by atoms with E-state index in [1.807, 2.05) is 49.8 Å². The molecule has 140 valence electrons. The summed E-state index contributed by atoms with van der Waals surface area (Å²) >= 11 is 1.73. The Bertz CT molecular complexity index is 897. The van der Waals surface area contributed by atoms with Gasteiger partial charge in [-0.1, -0.05) is 12.1 Å². The molecule has 6 nitrogen and oxygen atoms in total. The van der Waals surface area contributed by atoms with Crippen LogP contribution in [0.15, 0.2) is 42.0 Å². The zero-order valence-electron chi connectivity index (χ0n) is 15.6. The van der Waals surface area contributed by atoms with Crippen LogP contribution >= 0.6 is 11.3 Å². The molecule has 3 aromatic rings. The molecular formula is C20H23N5OS. The first-order chi connectivity index (χ1) is 13.1. The fourth-order valence-corrected chi connectivity index (χ4v) is 4.40. The van der Waals surface area contributed by atoms with Crippen LogP contribution in [0.2, 0.25) is 0 Å². The number of aryl methyl sites for hydroxylation is 2. The first-order valence-corrected chi connectivity index (χ1v) is 10.0. The molecule has 0 aliphatic carbocycles. The minimum atomic E-state index is -0.116. The van der Waals surface area contributed by atoms with Crippen molar-refractivity contribution in [3.8, 4) is 0 Å². The van der Waals surface area contributed by atoms with Crippen LogP contribution in [-0.2, 0) is 13.6 Å². The van der Waals surface area contributed by atoms with E-state index in [9.17, 15) is 4.79 Å². The van der Waals surface area contributed by atoms with E-state index < -0.39 is 0 Å². The van der Waals surface area contributed by atoms with E-state index in [2.05, 4.69) is 20.3 Å². The fourth-order valence-electron chi connectivity index (χ4n) is 3.60. The molecule has 2 aromatic heterocycles. The third-order valence-corrected chi connectivity index (χ3v) is 5.93. The van der Waals surface area contributed by atoms with Crippen molar-refractivity contribution in [3.05, 3.63) is 63.7 Å². The smallest absolute Gasteiger partial charge is 0.256 e. The number of nitrogens with one attached hydrogen (secondary N) is 1. The molecule has 0 spiro atoms. The van der Waals surface area contributed by atoms with Crippen molar-refractivity contribution < 1.29 is 4.79 Å². The van der Waals surface area contributed by atoms with Crippen LogP contribution in [-0.4, -0.2) is 32.1 Å². The fraction of sp³-hybridized carbons (Fsp3) is 0.350. The summed E-state index contributed by atoms with van der Waals surface area (Å²) in [5.74, 6) is 0.613. The minimum absolute atomic E-state index is 0.116. The van der Waals surface area contributed by atoms with Crippen LogP contribution in [0, 0.1) is 6.92 Å². The van der Waals surface area contributed by atoms with Crippen molar-refractivity contribution in [3.63, 3.8) is 0 Å². The van der Waals surface area contributed by atoms with Gasteiger partial charge in [0.2, 0.25) is 0 Å². The molecule has 1 aliphatic heterocycles. The number of thiazole rings is 1. The van der Waals surface area contributed by atoms with E-state index in [0.717, 1.165) is 30.9 Å². The van der Waals surface area contributed by atoms with Crippen LogP contribution in [0.1, 0.15) is 45.4 Å². The molecule has 27 heavy (non-hydrogen) atoms. The molecular weight excluding hydrogens is 358 g/mol. The number of carbonyl (C=O) groups is 1. The SMILES string of the molecule is Cc1cnn(C)c1NC(=O)c1ccc(CN2CCCC2c2nccs2)cc1. The molecule has 1 aromatic carbocycles. The number of hydrogen-bond acceptors (Lipinski definition) is 5. The summed E-state index contributed by atoms with van der Waals surface area (Å²) in [7, 11) is 1.82. The first kappa shape index (κ1) is 17.9. The molecule has 1 aliphatic rings. The standard InChI is InChI=1S/C20H23N5OS/c1-14-12-22-24(2)18(14)23-19(26)16-7-5-15(6-8-16)13-25-10-3-4-17(25)20-21-9-11-27-20/h5-9,11-12,17H,3-4,10,13H2,1-2H3,(H,23,26).